The molecule has 0 N–H and O–H groups in total. The number of ether oxygens (including phenoxy) is 2. The van der Waals surface area contributed by atoms with Crippen LogP contribution in [0.5, 0.6) is 0 Å². The van der Waals surface area contributed by atoms with Crippen LogP contribution in [0, 0.1) is 0 Å². The van der Waals surface area contributed by atoms with Gasteiger partial charge in [-0.15, -0.1) is 11.6 Å². The van der Waals surface area contributed by atoms with Gasteiger partial charge in [-0.1, -0.05) is 23.7 Å². The summed E-state index contributed by atoms with van der Waals surface area (Å²) in [6.07, 6.45) is 6.97. The van der Waals surface area contributed by atoms with Crippen molar-refractivity contribution in [2.24, 2.45) is 0 Å². The Bertz CT molecular complexity index is 589. The number of aryl methyl sites for hydroxylation is 1. The summed E-state index contributed by atoms with van der Waals surface area (Å²) in [5.41, 5.74) is 1.20. The Morgan fingerprint density at radius 3 is 2.77 bits per heavy atom. The van der Waals surface area contributed by atoms with Crippen molar-refractivity contribution >= 4 is 23.2 Å². The Balaban J connectivity index is 1.70. The monoisotopic (exact) mass is 340 g/mol. The summed E-state index contributed by atoms with van der Waals surface area (Å²) in [6, 6.07) is 7.86. The molecule has 2 aromatic rings. The number of rotatable bonds is 6. The SMILES string of the molecule is ClC[C@@H]1CO[C@@](CCc2ccc(Cl)cc2)(Cn2ccnc2)O1. The molecule has 1 aliphatic rings. The molecule has 3 rings (SSSR count). The maximum atomic E-state index is 6.09. The Morgan fingerprint density at radius 2 is 2.14 bits per heavy atom. The zero-order valence-corrected chi connectivity index (χ0v) is 13.6. The zero-order valence-electron chi connectivity index (χ0n) is 12.1. The largest absolute Gasteiger partial charge is 0.345 e. The number of benzene rings is 1. The lowest BCUT2D eigenvalue weighted by Crippen LogP contribution is -2.36. The molecule has 0 bridgehead atoms. The maximum Gasteiger partial charge on any atom is 0.187 e. The smallest absolute Gasteiger partial charge is 0.187 e. The van der Waals surface area contributed by atoms with Crippen LogP contribution < -0.4 is 0 Å². The lowest BCUT2D eigenvalue weighted by atomic mass is 10.0. The van der Waals surface area contributed by atoms with Crippen LogP contribution in [0.15, 0.2) is 43.0 Å². The molecule has 0 aliphatic carbocycles. The van der Waals surface area contributed by atoms with E-state index in [0.29, 0.717) is 19.0 Å². The predicted octanol–water partition coefficient (Wildman–Crippen LogP) is 3.52. The van der Waals surface area contributed by atoms with Crippen LogP contribution in [0.2, 0.25) is 5.02 Å². The van der Waals surface area contributed by atoms with Crippen LogP contribution in [-0.2, 0) is 22.4 Å². The van der Waals surface area contributed by atoms with E-state index >= 15 is 0 Å². The summed E-state index contributed by atoms with van der Waals surface area (Å²) in [5, 5.41) is 0.743. The highest BCUT2D eigenvalue weighted by molar-refractivity contribution is 6.30. The van der Waals surface area contributed by atoms with Crippen LogP contribution in [0.3, 0.4) is 0 Å². The minimum Gasteiger partial charge on any atom is -0.345 e. The Kier molecular flexibility index (Phi) is 5.03. The summed E-state index contributed by atoms with van der Waals surface area (Å²) in [7, 11) is 0. The number of hydrogen-bond donors (Lipinski definition) is 0. The van der Waals surface area contributed by atoms with Crippen LogP contribution >= 0.6 is 23.2 Å². The first kappa shape index (κ1) is 15.8. The number of aromatic nitrogens is 2. The second-order valence-corrected chi connectivity index (χ2v) is 6.22. The van der Waals surface area contributed by atoms with Crippen molar-refractivity contribution in [2.45, 2.75) is 31.3 Å². The molecule has 1 aromatic carbocycles. The topological polar surface area (TPSA) is 36.3 Å². The normalized spacial score (nSPS) is 24.7. The lowest BCUT2D eigenvalue weighted by molar-refractivity contribution is -0.180. The zero-order chi connectivity index (χ0) is 15.4. The quantitative estimate of drug-likeness (QED) is 0.755. The van der Waals surface area contributed by atoms with E-state index in [1.807, 2.05) is 35.0 Å². The van der Waals surface area contributed by atoms with Crippen LogP contribution in [0.1, 0.15) is 12.0 Å². The molecule has 1 saturated heterocycles. The highest BCUT2D eigenvalue weighted by Crippen LogP contribution is 2.31. The second kappa shape index (κ2) is 7.01. The van der Waals surface area contributed by atoms with E-state index in [-0.39, 0.29) is 6.10 Å². The fraction of sp³-hybridized carbons (Fsp3) is 0.438. The average molecular weight is 341 g/mol. The first-order valence-electron chi connectivity index (χ1n) is 7.27. The third-order valence-corrected chi connectivity index (χ3v) is 4.37. The molecule has 118 valence electrons. The fourth-order valence-corrected chi connectivity index (χ4v) is 2.91. The molecule has 1 aliphatic heterocycles. The number of halogens is 2. The van der Waals surface area contributed by atoms with E-state index in [1.165, 1.54) is 5.56 Å². The summed E-state index contributed by atoms with van der Waals surface area (Å²) >= 11 is 11.8. The third-order valence-electron chi connectivity index (χ3n) is 3.78. The molecule has 6 heteroatoms. The molecule has 0 spiro atoms. The van der Waals surface area contributed by atoms with E-state index in [9.17, 15) is 0 Å². The van der Waals surface area contributed by atoms with Gasteiger partial charge in [-0.2, -0.15) is 0 Å². The van der Waals surface area contributed by atoms with Gasteiger partial charge in [0.1, 0.15) is 0 Å². The molecule has 2 atom stereocenters. The Hall–Kier alpha value is -1.07. The molecular weight excluding hydrogens is 323 g/mol. The lowest BCUT2D eigenvalue weighted by Gasteiger charge is -2.28. The van der Waals surface area contributed by atoms with Gasteiger partial charge in [0.2, 0.25) is 0 Å². The molecule has 0 radical (unpaired) electrons. The minimum atomic E-state index is -0.653. The number of alkyl halides is 1. The number of hydrogen-bond acceptors (Lipinski definition) is 3. The van der Waals surface area contributed by atoms with E-state index in [1.54, 1.807) is 12.5 Å². The van der Waals surface area contributed by atoms with Gasteiger partial charge in [-0.25, -0.2) is 4.98 Å². The van der Waals surface area contributed by atoms with Gasteiger partial charge in [0.25, 0.3) is 0 Å². The fourth-order valence-electron chi connectivity index (χ4n) is 2.63. The van der Waals surface area contributed by atoms with E-state index in [0.717, 1.165) is 17.9 Å². The summed E-state index contributed by atoms with van der Waals surface area (Å²) in [5.74, 6) is -0.216. The molecule has 0 saturated carbocycles. The van der Waals surface area contributed by atoms with Crippen molar-refractivity contribution in [1.29, 1.82) is 0 Å². The van der Waals surface area contributed by atoms with Crippen molar-refractivity contribution in [3.63, 3.8) is 0 Å². The second-order valence-electron chi connectivity index (χ2n) is 5.48. The molecule has 0 amide bonds. The van der Waals surface area contributed by atoms with Crippen molar-refractivity contribution < 1.29 is 9.47 Å². The predicted molar refractivity (Wildman–Crippen MR) is 86.3 cm³/mol. The molecule has 4 nitrogen and oxygen atoms in total. The van der Waals surface area contributed by atoms with Crippen LogP contribution in [0.4, 0.5) is 0 Å². The van der Waals surface area contributed by atoms with Gasteiger partial charge >= 0.3 is 0 Å². The highest BCUT2D eigenvalue weighted by Gasteiger charge is 2.41. The first-order valence-corrected chi connectivity index (χ1v) is 8.18. The molecule has 2 heterocycles. The minimum absolute atomic E-state index is 0.0598. The molecule has 1 fully saturated rings. The number of nitrogens with zero attached hydrogens (tertiary/aromatic N) is 2. The maximum absolute atomic E-state index is 6.09. The van der Waals surface area contributed by atoms with Gasteiger partial charge in [-0.3, -0.25) is 0 Å². The molecular formula is C16H18Cl2N2O2. The Labute approximate surface area is 140 Å². The van der Waals surface area contributed by atoms with Gasteiger partial charge in [0.05, 0.1) is 31.5 Å². The van der Waals surface area contributed by atoms with Gasteiger partial charge in [0, 0.05) is 23.8 Å². The summed E-state index contributed by atoms with van der Waals surface area (Å²) < 4.78 is 14.0. The molecule has 0 unspecified atom stereocenters. The number of imidazole rings is 1. The average Bonchev–Trinajstić information content (AvgIpc) is 3.17. The van der Waals surface area contributed by atoms with Crippen molar-refractivity contribution in [2.75, 3.05) is 12.5 Å². The summed E-state index contributed by atoms with van der Waals surface area (Å²) in [6.45, 7) is 1.13. The first-order chi connectivity index (χ1) is 10.7. The van der Waals surface area contributed by atoms with Gasteiger partial charge < -0.3 is 14.0 Å². The highest BCUT2D eigenvalue weighted by atomic mass is 35.5. The Morgan fingerprint density at radius 1 is 1.32 bits per heavy atom. The molecule has 1 aromatic heterocycles. The standard InChI is InChI=1S/C16H18Cl2N2O2/c17-9-15-10-21-16(22-15,11-20-8-7-19-12-20)6-5-13-1-3-14(18)4-2-13/h1-4,7-8,12,15H,5-6,9-11H2/t15-,16-/m1/s1. The van der Waals surface area contributed by atoms with Crippen molar-refractivity contribution in [3.05, 3.63) is 53.6 Å². The van der Waals surface area contributed by atoms with Gasteiger partial charge in [0.15, 0.2) is 5.79 Å². The molecule has 22 heavy (non-hydrogen) atoms. The van der Waals surface area contributed by atoms with Crippen LogP contribution in [-0.4, -0.2) is 33.9 Å². The van der Waals surface area contributed by atoms with E-state index in [4.69, 9.17) is 32.7 Å². The van der Waals surface area contributed by atoms with Crippen molar-refractivity contribution in [1.82, 2.24) is 9.55 Å². The summed E-state index contributed by atoms with van der Waals surface area (Å²) in [4.78, 5) is 4.07. The van der Waals surface area contributed by atoms with E-state index in [2.05, 4.69) is 4.98 Å². The van der Waals surface area contributed by atoms with E-state index < -0.39 is 5.79 Å². The van der Waals surface area contributed by atoms with Crippen molar-refractivity contribution in [3.8, 4) is 0 Å². The third kappa shape index (κ3) is 3.82. The van der Waals surface area contributed by atoms with Gasteiger partial charge in [-0.05, 0) is 24.1 Å². The van der Waals surface area contributed by atoms with Crippen LogP contribution in [0.25, 0.3) is 0 Å².